The molecule has 4 nitrogen and oxygen atoms in total. The Balaban J connectivity index is 2.27. The molecule has 3 aliphatic rings. The summed E-state index contributed by atoms with van der Waals surface area (Å²) in [7, 11) is 0. The van der Waals surface area contributed by atoms with E-state index in [1.54, 1.807) is 6.92 Å². The zero-order valence-electron chi connectivity index (χ0n) is 9.88. The molecule has 0 aromatic carbocycles. The highest BCUT2D eigenvalue weighted by Crippen LogP contribution is 2.47. The number of carbonyl (C=O) groups excluding carboxylic acids is 2. The molecule has 0 aromatic rings. The van der Waals surface area contributed by atoms with Crippen molar-refractivity contribution < 1.29 is 19.1 Å². The summed E-state index contributed by atoms with van der Waals surface area (Å²) in [4.78, 5) is 23.9. The SMILES string of the molecule is CCOC(=O)C12CCCC(C)(CC1)OC2=O. The highest BCUT2D eigenvalue weighted by atomic mass is 16.6. The lowest BCUT2D eigenvalue weighted by Gasteiger charge is -2.37. The maximum absolute atomic E-state index is 12.0. The van der Waals surface area contributed by atoms with Gasteiger partial charge in [0, 0.05) is 0 Å². The van der Waals surface area contributed by atoms with E-state index in [0.717, 1.165) is 19.3 Å². The average molecular weight is 226 g/mol. The van der Waals surface area contributed by atoms with Crippen LogP contribution in [0.25, 0.3) is 0 Å². The number of ether oxygens (including phenoxy) is 2. The van der Waals surface area contributed by atoms with Gasteiger partial charge in [0.2, 0.25) is 0 Å². The van der Waals surface area contributed by atoms with Gasteiger partial charge >= 0.3 is 11.9 Å². The van der Waals surface area contributed by atoms with Gasteiger partial charge in [0.15, 0.2) is 5.41 Å². The van der Waals surface area contributed by atoms with Gasteiger partial charge in [0.05, 0.1) is 6.61 Å². The van der Waals surface area contributed by atoms with Crippen molar-refractivity contribution >= 4 is 11.9 Å². The van der Waals surface area contributed by atoms with E-state index >= 15 is 0 Å². The third-order valence-electron chi connectivity index (χ3n) is 3.79. The average Bonchev–Trinajstić information content (AvgIpc) is 2.45. The summed E-state index contributed by atoms with van der Waals surface area (Å²) in [5.41, 5.74) is -1.37. The van der Waals surface area contributed by atoms with Crippen LogP contribution in [0.2, 0.25) is 0 Å². The summed E-state index contributed by atoms with van der Waals surface area (Å²) in [6.45, 7) is 4.01. The van der Waals surface area contributed by atoms with Gasteiger partial charge in [-0.2, -0.15) is 0 Å². The zero-order chi connectivity index (χ0) is 11.8. The molecule has 16 heavy (non-hydrogen) atoms. The second-order valence-electron chi connectivity index (χ2n) is 5.00. The molecule has 1 saturated carbocycles. The smallest absolute Gasteiger partial charge is 0.324 e. The molecular formula is C12H18O4. The minimum absolute atomic E-state index is 0.311. The largest absolute Gasteiger partial charge is 0.465 e. The summed E-state index contributed by atoms with van der Waals surface area (Å²) in [6, 6.07) is 0. The molecule has 3 rings (SSSR count). The number of hydrogen-bond acceptors (Lipinski definition) is 4. The van der Waals surface area contributed by atoms with Gasteiger partial charge in [-0.15, -0.1) is 0 Å². The molecule has 2 bridgehead atoms. The minimum Gasteiger partial charge on any atom is -0.465 e. The van der Waals surface area contributed by atoms with E-state index in [9.17, 15) is 9.59 Å². The second-order valence-corrected chi connectivity index (χ2v) is 5.00. The Morgan fingerprint density at radius 3 is 2.75 bits per heavy atom. The molecule has 2 atom stereocenters. The lowest BCUT2D eigenvalue weighted by atomic mass is 9.78. The molecule has 4 heteroatoms. The highest BCUT2D eigenvalue weighted by molar-refractivity contribution is 6.00. The third kappa shape index (κ3) is 1.60. The Labute approximate surface area is 95.3 Å². The summed E-state index contributed by atoms with van der Waals surface area (Å²) in [5, 5.41) is 0. The van der Waals surface area contributed by atoms with Crippen molar-refractivity contribution in [3.63, 3.8) is 0 Å². The number of carbonyl (C=O) groups is 2. The molecule has 2 saturated heterocycles. The van der Waals surface area contributed by atoms with Crippen molar-refractivity contribution in [1.82, 2.24) is 0 Å². The molecule has 2 aliphatic heterocycles. The first-order valence-corrected chi connectivity index (χ1v) is 5.93. The lowest BCUT2D eigenvalue weighted by molar-refractivity contribution is -0.189. The summed E-state index contributed by atoms with van der Waals surface area (Å²) in [6.07, 6.45) is 3.60. The number of fused-ring (bicyclic) bond motifs is 4. The summed E-state index contributed by atoms with van der Waals surface area (Å²) >= 11 is 0. The van der Waals surface area contributed by atoms with Crippen LogP contribution in [0.4, 0.5) is 0 Å². The lowest BCUT2D eigenvalue weighted by Crippen LogP contribution is -2.48. The Hall–Kier alpha value is -1.06. The van der Waals surface area contributed by atoms with Crippen molar-refractivity contribution in [1.29, 1.82) is 0 Å². The molecule has 0 amide bonds. The molecule has 0 N–H and O–H groups in total. The van der Waals surface area contributed by atoms with E-state index in [2.05, 4.69) is 0 Å². The Bertz CT molecular complexity index is 325. The topological polar surface area (TPSA) is 52.6 Å². The first-order chi connectivity index (χ1) is 7.52. The van der Waals surface area contributed by atoms with Crippen LogP contribution in [0, 0.1) is 5.41 Å². The Kier molecular flexibility index (Phi) is 2.68. The maximum atomic E-state index is 12.0. The molecule has 0 spiro atoms. The van der Waals surface area contributed by atoms with Crippen LogP contribution in [0.15, 0.2) is 0 Å². The summed E-state index contributed by atoms with van der Waals surface area (Å²) < 4.78 is 10.4. The van der Waals surface area contributed by atoms with Crippen LogP contribution in [0.3, 0.4) is 0 Å². The number of hydrogen-bond donors (Lipinski definition) is 0. The predicted octanol–water partition coefficient (Wildman–Crippen LogP) is 1.82. The molecule has 90 valence electrons. The molecule has 2 unspecified atom stereocenters. The van der Waals surface area contributed by atoms with Gasteiger partial charge in [-0.25, -0.2) is 0 Å². The van der Waals surface area contributed by atoms with Gasteiger partial charge < -0.3 is 9.47 Å². The fraction of sp³-hybridized carbons (Fsp3) is 0.833. The van der Waals surface area contributed by atoms with E-state index in [-0.39, 0.29) is 11.6 Å². The van der Waals surface area contributed by atoms with Crippen molar-refractivity contribution in [2.75, 3.05) is 6.61 Å². The van der Waals surface area contributed by atoms with Gasteiger partial charge in [-0.05, 0) is 46.0 Å². The van der Waals surface area contributed by atoms with Crippen molar-refractivity contribution in [3.05, 3.63) is 0 Å². The second kappa shape index (κ2) is 3.75. The monoisotopic (exact) mass is 226 g/mol. The molecule has 2 heterocycles. The Morgan fingerprint density at radius 1 is 1.38 bits per heavy atom. The van der Waals surface area contributed by atoms with Gasteiger partial charge in [0.1, 0.15) is 5.60 Å². The standard InChI is InChI=1S/C12H18O4/c1-3-15-9(13)12-6-4-5-11(2,7-8-12)16-10(12)14/h3-8H2,1-2H3. The molecular weight excluding hydrogens is 208 g/mol. The first kappa shape index (κ1) is 11.4. The van der Waals surface area contributed by atoms with Crippen LogP contribution in [0.1, 0.15) is 46.0 Å². The van der Waals surface area contributed by atoms with Crippen molar-refractivity contribution in [3.8, 4) is 0 Å². The van der Waals surface area contributed by atoms with E-state index in [1.807, 2.05) is 6.92 Å². The number of esters is 2. The van der Waals surface area contributed by atoms with Crippen LogP contribution >= 0.6 is 0 Å². The maximum Gasteiger partial charge on any atom is 0.324 e. The predicted molar refractivity (Wildman–Crippen MR) is 56.6 cm³/mol. The zero-order valence-corrected chi connectivity index (χ0v) is 9.88. The third-order valence-corrected chi connectivity index (χ3v) is 3.79. The molecule has 0 aromatic heterocycles. The van der Waals surface area contributed by atoms with Gasteiger partial charge in [-0.1, -0.05) is 0 Å². The van der Waals surface area contributed by atoms with E-state index in [1.165, 1.54) is 0 Å². The molecule has 0 radical (unpaired) electrons. The van der Waals surface area contributed by atoms with E-state index < -0.39 is 11.4 Å². The fourth-order valence-electron chi connectivity index (χ4n) is 2.68. The van der Waals surface area contributed by atoms with Gasteiger partial charge in [0.25, 0.3) is 0 Å². The Morgan fingerprint density at radius 2 is 2.12 bits per heavy atom. The van der Waals surface area contributed by atoms with E-state index in [4.69, 9.17) is 9.47 Å². The normalized spacial score (nSPS) is 37.8. The highest BCUT2D eigenvalue weighted by Gasteiger charge is 2.56. The van der Waals surface area contributed by atoms with E-state index in [0.29, 0.717) is 19.4 Å². The van der Waals surface area contributed by atoms with Crippen LogP contribution in [-0.2, 0) is 19.1 Å². The first-order valence-electron chi connectivity index (χ1n) is 5.93. The van der Waals surface area contributed by atoms with Crippen LogP contribution < -0.4 is 0 Å². The van der Waals surface area contributed by atoms with Gasteiger partial charge in [-0.3, -0.25) is 9.59 Å². The quantitative estimate of drug-likeness (QED) is 0.532. The number of rotatable bonds is 2. The molecule has 1 aliphatic carbocycles. The van der Waals surface area contributed by atoms with Crippen molar-refractivity contribution in [2.45, 2.75) is 51.6 Å². The minimum atomic E-state index is -1.01. The summed E-state index contributed by atoms with van der Waals surface area (Å²) in [5.74, 6) is -0.777. The van der Waals surface area contributed by atoms with Crippen LogP contribution in [-0.4, -0.2) is 24.1 Å². The molecule has 3 fully saturated rings. The van der Waals surface area contributed by atoms with Crippen LogP contribution in [0.5, 0.6) is 0 Å². The fourth-order valence-corrected chi connectivity index (χ4v) is 2.68. The van der Waals surface area contributed by atoms with Crippen molar-refractivity contribution in [2.24, 2.45) is 5.41 Å².